The third-order valence-corrected chi connectivity index (χ3v) is 3.39. The van der Waals surface area contributed by atoms with Gasteiger partial charge in [0.05, 0.1) is 16.8 Å². The smallest absolute Gasteiger partial charge is 0.337 e. The molecular formula is C14H9BrClNO4. The number of benzene rings is 2. The van der Waals surface area contributed by atoms with E-state index in [1.54, 1.807) is 6.07 Å². The summed E-state index contributed by atoms with van der Waals surface area (Å²) in [5.41, 5.74) is 0.00753. The molecule has 2 aromatic rings. The van der Waals surface area contributed by atoms with Crippen LogP contribution in [0, 0.1) is 0 Å². The molecule has 0 aromatic heterocycles. The van der Waals surface area contributed by atoms with Gasteiger partial charge < -0.3 is 15.5 Å². The van der Waals surface area contributed by atoms with E-state index in [0.29, 0.717) is 4.47 Å². The number of amides is 1. The van der Waals surface area contributed by atoms with Crippen LogP contribution in [0.3, 0.4) is 0 Å². The van der Waals surface area contributed by atoms with E-state index >= 15 is 0 Å². The Morgan fingerprint density at radius 3 is 2.48 bits per heavy atom. The number of aromatic carboxylic acids is 1. The Morgan fingerprint density at radius 1 is 1.10 bits per heavy atom. The van der Waals surface area contributed by atoms with Gasteiger partial charge in [-0.2, -0.15) is 0 Å². The summed E-state index contributed by atoms with van der Waals surface area (Å²) in [6.07, 6.45) is 0. The Hall–Kier alpha value is -2.05. The molecule has 0 aliphatic heterocycles. The summed E-state index contributed by atoms with van der Waals surface area (Å²) >= 11 is 8.98. The van der Waals surface area contributed by atoms with Crippen molar-refractivity contribution in [2.45, 2.75) is 0 Å². The quantitative estimate of drug-likeness (QED) is 0.768. The maximum Gasteiger partial charge on any atom is 0.337 e. The molecule has 21 heavy (non-hydrogen) atoms. The van der Waals surface area contributed by atoms with Gasteiger partial charge in [0.2, 0.25) is 0 Å². The van der Waals surface area contributed by atoms with Crippen LogP contribution in [0.15, 0.2) is 40.9 Å². The molecule has 0 bridgehead atoms. The molecule has 0 unspecified atom stereocenters. The molecule has 0 saturated carbocycles. The predicted molar refractivity (Wildman–Crippen MR) is 82.2 cm³/mol. The molecule has 2 aromatic carbocycles. The second-order valence-electron chi connectivity index (χ2n) is 4.11. The molecule has 0 aliphatic carbocycles. The summed E-state index contributed by atoms with van der Waals surface area (Å²) < 4.78 is 0.609. The van der Waals surface area contributed by atoms with E-state index in [1.165, 1.54) is 30.3 Å². The summed E-state index contributed by atoms with van der Waals surface area (Å²) in [6, 6.07) is 8.40. The molecule has 0 atom stereocenters. The lowest BCUT2D eigenvalue weighted by Gasteiger charge is -2.10. The number of carboxylic acids is 1. The number of rotatable bonds is 3. The van der Waals surface area contributed by atoms with Gasteiger partial charge in [0.25, 0.3) is 5.91 Å². The average Bonchev–Trinajstić information content (AvgIpc) is 2.41. The molecule has 108 valence electrons. The molecule has 1 amide bonds. The van der Waals surface area contributed by atoms with Crippen molar-refractivity contribution in [3.8, 4) is 5.75 Å². The number of carbonyl (C=O) groups excluding carboxylic acids is 1. The van der Waals surface area contributed by atoms with E-state index in [2.05, 4.69) is 21.2 Å². The highest BCUT2D eigenvalue weighted by molar-refractivity contribution is 9.10. The fourth-order valence-electron chi connectivity index (χ4n) is 1.69. The number of hydrogen-bond acceptors (Lipinski definition) is 3. The number of hydrogen-bond donors (Lipinski definition) is 3. The first kappa shape index (κ1) is 15.3. The van der Waals surface area contributed by atoms with Crippen LogP contribution in [0.4, 0.5) is 5.69 Å². The van der Waals surface area contributed by atoms with Crippen LogP contribution < -0.4 is 5.32 Å². The first-order valence-corrected chi connectivity index (χ1v) is 6.88. The first-order chi connectivity index (χ1) is 9.88. The zero-order chi connectivity index (χ0) is 15.6. The highest BCUT2D eigenvalue weighted by atomic mass is 79.9. The minimum atomic E-state index is -1.17. The van der Waals surface area contributed by atoms with Crippen LogP contribution in [-0.4, -0.2) is 22.1 Å². The van der Waals surface area contributed by atoms with Crippen LogP contribution in [0.25, 0.3) is 0 Å². The Balaban J connectivity index is 2.38. The lowest BCUT2D eigenvalue weighted by atomic mass is 10.1. The van der Waals surface area contributed by atoms with Crippen molar-refractivity contribution >= 4 is 45.1 Å². The number of halogens is 2. The van der Waals surface area contributed by atoms with Crippen molar-refractivity contribution in [3.05, 3.63) is 57.0 Å². The number of anilines is 1. The lowest BCUT2D eigenvalue weighted by molar-refractivity contribution is 0.0698. The summed E-state index contributed by atoms with van der Waals surface area (Å²) in [6.45, 7) is 0. The van der Waals surface area contributed by atoms with Crippen LogP contribution in [0.1, 0.15) is 20.7 Å². The number of nitrogens with one attached hydrogen (secondary N) is 1. The molecule has 0 radical (unpaired) electrons. The van der Waals surface area contributed by atoms with Gasteiger partial charge in [-0.3, -0.25) is 4.79 Å². The van der Waals surface area contributed by atoms with Crippen molar-refractivity contribution in [3.63, 3.8) is 0 Å². The van der Waals surface area contributed by atoms with Gasteiger partial charge in [0, 0.05) is 9.50 Å². The normalized spacial score (nSPS) is 10.2. The highest BCUT2D eigenvalue weighted by Crippen LogP contribution is 2.25. The van der Waals surface area contributed by atoms with Gasteiger partial charge in [-0.1, -0.05) is 27.5 Å². The van der Waals surface area contributed by atoms with Gasteiger partial charge in [-0.15, -0.1) is 0 Å². The third kappa shape index (κ3) is 3.53. The molecule has 3 N–H and O–H groups in total. The number of aromatic hydroxyl groups is 1. The summed E-state index contributed by atoms with van der Waals surface area (Å²) in [5, 5.41) is 21.5. The van der Waals surface area contributed by atoms with Crippen LogP contribution in [0.5, 0.6) is 5.75 Å². The standard InChI is InChI=1S/C14H9BrClNO4/c15-7-1-3-9(14(20)21)11(5-7)17-13(19)10-6-8(16)2-4-12(10)18/h1-6,18H,(H,17,19)(H,20,21). The zero-order valence-corrected chi connectivity index (χ0v) is 12.8. The van der Waals surface area contributed by atoms with Crippen molar-refractivity contribution in [1.82, 2.24) is 0 Å². The van der Waals surface area contributed by atoms with E-state index < -0.39 is 11.9 Å². The molecule has 7 heteroatoms. The van der Waals surface area contributed by atoms with Gasteiger partial charge >= 0.3 is 5.97 Å². The molecule has 0 heterocycles. The Morgan fingerprint density at radius 2 is 1.81 bits per heavy atom. The molecule has 0 spiro atoms. The number of phenolic OH excluding ortho intramolecular Hbond substituents is 1. The molecule has 5 nitrogen and oxygen atoms in total. The number of carboxylic acid groups (broad SMARTS) is 1. The van der Waals surface area contributed by atoms with Gasteiger partial charge in [-0.05, 0) is 36.4 Å². The SMILES string of the molecule is O=C(Nc1cc(Br)ccc1C(=O)O)c1cc(Cl)ccc1O. The van der Waals surface area contributed by atoms with Crippen LogP contribution >= 0.6 is 27.5 Å². The third-order valence-electron chi connectivity index (χ3n) is 2.66. The molecule has 0 fully saturated rings. The monoisotopic (exact) mass is 369 g/mol. The van der Waals surface area contributed by atoms with Gasteiger partial charge in [0.1, 0.15) is 5.75 Å². The topological polar surface area (TPSA) is 86.6 Å². The fraction of sp³-hybridized carbons (Fsp3) is 0. The predicted octanol–water partition coefficient (Wildman–Crippen LogP) is 3.76. The van der Waals surface area contributed by atoms with Crippen molar-refractivity contribution in [2.75, 3.05) is 5.32 Å². The maximum atomic E-state index is 12.1. The Labute approximate surface area is 133 Å². The summed E-state index contributed by atoms with van der Waals surface area (Å²) in [4.78, 5) is 23.3. The second-order valence-corrected chi connectivity index (χ2v) is 5.46. The summed E-state index contributed by atoms with van der Waals surface area (Å²) in [7, 11) is 0. The molecular weight excluding hydrogens is 362 g/mol. The number of phenols is 1. The van der Waals surface area contributed by atoms with E-state index in [1.807, 2.05) is 0 Å². The zero-order valence-electron chi connectivity index (χ0n) is 10.4. The molecule has 0 saturated heterocycles. The Kier molecular flexibility index (Phi) is 4.50. The average molecular weight is 371 g/mol. The lowest BCUT2D eigenvalue weighted by Crippen LogP contribution is -2.15. The van der Waals surface area contributed by atoms with Crippen molar-refractivity contribution in [2.24, 2.45) is 0 Å². The van der Waals surface area contributed by atoms with Crippen molar-refractivity contribution in [1.29, 1.82) is 0 Å². The van der Waals surface area contributed by atoms with E-state index in [4.69, 9.17) is 16.7 Å². The molecule has 0 aliphatic rings. The number of carbonyl (C=O) groups is 2. The minimum absolute atomic E-state index is 0.0428. The first-order valence-electron chi connectivity index (χ1n) is 5.71. The van der Waals surface area contributed by atoms with E-state index in [-0.39, 0.29) is 27.6 Å². The van der Waals surface area contributed by atoms with Crippen LogP contribution in [0.2, 0.25) is 5.02 Å². The molecule has 2 rings (SSSR count). The van der Waals surface area contributed by atoms with Gasteiger partial charge in [-0.25, -0.2) is 4.79 Å². The maximum absolute atomic E-state index is 12.1. The largest absolute Gasteiger partial charge is 0.507 e. The van der Waals surface area contributed by atoms with Crippen molar-refractivity contribution < 1.29 is 19.8 Å². The van der Waals surface area contributed by atoms with E-state index in [9.17, 15) is 14.7 Å². The Bertz CT molecular complexity index is 733. The summed E-state index contributed by atoms with van der Waals surface area (Å²) in [5.74, 6) is -2.08. The highest BCUT2D eigenvalue weighted by Gasteiger charge is 2.16. The van der Waals surface area contributed by atoms with E-state index in [0.717, 1.165) is 0 Å². The van der Waals surface area contributed by atoms with Gasteiger partial charge in [0.15, 0.2) is 0 Å². The fourth-order valence-corrected chi connectivity index (χ4v) is 2.22. The second kappa shape index (κ2) is 6.15. The van der Waals surface area contributed by atoms with Crippen LogP contribution in [-0.2, 0) is 0 Å². The minimum Gasteiger partial charge on any atom is -0.507 e.